The van der Waals surface area contributed by atoms with Crippen LogP contribution >= 0.6 is 22.6 Å². The molecular formula is C19H21IN2O. The van der Waals surface area contributed by atoms with Gasteiger partial charge in [0.15, 0.2) is 0 Å². The molecule has 0 aromatic heterocycles. The minimum Gasteiger partial charge on any atom is -0.322 e. The maximum Gasteiger partial charge on any atom is 0.255 e. The quantitative estimate of drug-likeness (QED) is 0.738. The molecule has 120 valence electrons. The zero-order valence-corrected chi connectivity index (χ0v) is 15.3. The number of carbonyl (C=O) groups is 1. The molecule has 0 atom stereocenters. The summed E-state index contributed by atoms with van der Waals surface area (Å²) in [7, 11) is 0. The Morgan fingerprint density at radius 3 is 2.48 bits per heavy atom. The molecule has 0 aliphatic carbocycles. The first kappa shape index (κ1) is 16.5. The molecule has 1 saturated heterocycles. The van der Waals surface area contributed by atoms with Crippen LogP contribution in [0.3, 0.4) is 0 Å². The SMILES string of the molecule is O=C(Nc1ccc(CN2CCCCC2)cc1)c1cccc(I)c1. The summed E-state index contributed by atoms with van der Waals surface area (Å²) in [6.07, 6.45) is 3.98. The van der Waals surface area contributed by atoms with Crippen LogP contribution in [0.25, 0.3) is 0 Å². The van der Waals surface area contributed by atoms with Crippen molar-refractivity contribution in [2.75, 3.05) is 18.4 Å². The average molecular weight is 420 g/mol. The van der Waals surface area contributed by atoms with Gasteiger partial charge in [0.05, 0.1) is 0 Å². The van der Waals surface area contributed by atoms with Gasteiger partial charge in [-0.1, -0.05) is 24.6 Å². The maximum atomic E-state index is 12.2. The number of anilines is 1. The van der Waals surface area contributed by atoms with Crippen molar-refractivity contribution < 1.29 is 4.79 Å². The van der Waals surface area contributed by atoms with Crippen LogP contribution < -0.4 is 5.32 Å². The van der Waals surface area contributed by atoms with Gasteiger partial charge in [-0.2, -0.15) is 0 Å². The largest absolute Gasteiger partial charge is 0.322 e. The second kappa shape index (κ2) is 7.93. The van der Waals surface area contributed by atoms with E-state index in [1.165, 1.54) is 37.9 Å². The Bertz CT molecular complexity index is 663. The third-order valence-corrected chi connectivity index (χ3v) is 4.82. The van der Waals surface area contributed by atoms with Crippen molar-refractivity contribution >= 4 is 34.2 Å². The van der Waals surface area contributed by atoms with Crippen molar-refractivity contribution in [2.24, 2.45) is 0 Å². The van der Waals surface area contributed by atoms with E-state index >= 15 is 0 Å². The predicted molar refractivity (Wildman–Crippen MR) is 103 cm³/mol. The van der Waals surface area contributed by atoms with Gasteiger partial charge in [-0.15, -0.1) is 0 Å². The highest BCUT2D eigenvalue weighted by atomic mass is 127. The zero-order chi connectivity index (χ0) is 16.1. The molecule has 1 amide bonds. The van der Waals surface area contributed by atoms with Gasteiger partial charge >= 0.3 is 0 Å². The fraction of sp³-hybridized carbons (Fsp3) is 0.316. The van der Waals surface area contributed by atoms with E-state index in [1.54, 1.807) is 0 Å². The number of likely N-dealkylation sites (tertiary alicyclic amines) is 1. The molecule has 0 saturated carbocycles. The van der Waals surface area contributed by atoms with Crippen LogP contribution in [0.15, 0.2) is 48.5 Å². The number of hydrogen-bond donors (Lipinski definition) is 1. The summed E-state index contributed by atoms with van der Waals surface area (Å²) >= 11 is 2.22. The summed E-state index contributed by atoms with van der Waals surface area (Å²) in [6, 6.07) is 15.8. The first-order valence-electron chi connectivity index (χ1n) is 8.09. The van der Waals surface area contributed by atoms with Gasteiger partial charge in [0.1, 0.15) is 0 Å². The van der Waals surface area contributed by atoms with Crippen LogP contribution in [0.1, 0.15) is 35.2 Å². The molecule has 1 aliphatic heterocycles. The normalized spacial score (nSPS) is 15.3. The highest BCUT2D eigenvalue weighted by Crippen LogP contribution is 2.16. The molecular weight excluding hydrogens is 399 g/mol. The van der Waals surface area contributed by atoms with Crippen LogP contribution in [-0.4, -0.2) is 23.9 Å². The highest BCUT2D eigenvalue weighted by molar-refractivity contribution is 14.1. The van der Waals surface area contributed by atoms with Crippen molar-refractivity contribution in [3.63, 3.8) is 0 Å². The summed E-state index contributed by atoms with van der Waals surface area (Å²) in [5.74, 6) is -0.0627. The van der Waals surface area contributed by atoms with E-state index in [0.29, 0.717) is 5.56 Å². The Kier molecular flexibility index (Phi) is 5.67. The summed E-state index contributed by atoms with van der Waals surface area (Å²) in [5, 5.41) is 2.96. The topological polar surface area (TPSA) is 32.3 Å². The molecule has 1 fully saturated rings. The molecule has 3 rings (SSSR count). The first-order valence-corrected chi connectivity index (χ1v) is 9.17. The van der Waals surface area contributed by atoms with Gasteiger partial charge in [0, 0.05) is 21.4 Å². The van der Waals surface area contributed by atoms with E-state index < -0.39 is 0 Å². The van der Waals surface area contributed by atoms with Gasteiger partial charge in [-0.05, 0) is 84.4 Å². The van der Waals surface area contributed by atoms with E-state index in [9.17, 15) is 4.79 Å². The van der Waals surface area contributed by atoms with E-state index in [-0.39, 0.29) is 5.91 Å². The molecule has 2 aromatic carbocycles. The minimum atomic E-state index is -0.0627. The monoisotopic (exact) mass is 420 g/mol. The van der Waals surface area contributed by atoms with E-state index in [2.05, 4.69) is 44.9 Å². The molecule has 4 heteroatoms. The fourth-order valence-corrected chi connectivity index (χ4v) is 3.45. The van der Waals surface area contributed by atoms with Gasteiger partial charge in [0.25, 0.3) is 5.91 Å². The lowest BCUT2D eigenvalue weighted by atomic mass is 10.1. The van der Waals surface area contributed by atoms with Crippen molar-refractivity contribution in [1.82, 2.24) is 4.90 Å². The molecule has 2 aromatic rings. The van der Waals surface area contributed by atoms with E-state index in [1.807, 2.05) is 36.4 Å². The lowest BCUT2D eigenvalue weighted by molar-refractivity contribution is 0.102. The summed E-state index contributed by atoms with van der Waals surface area (Å²) in [5.41, 5.74) is 2.84. The average Bonchev–Trinajstić information content (AvgIpc) is 2.57. The van der Waals surface area contributed by atoms with Crippen LogP contribution in [0, 0.1) is 3.57 Å². The number of rotatable bonds is 4. The summed E-state index contributed by atoms with van der Waals surface area (Å²) in [4.78, 5) is 14.7. The van der Waals surface area contributed by atoms with Crippen LogP contribution in [-0.2, 0) is 6.54 Å². The van der Waals surface area contributed by atoms with Crippen LogP contribution in [0.5, 0.6) is 0 Å². The predicted octanol–water partition coefficient (Wildman–Crippen LogP) is 4.53. The zero-order valence-electron chi connectivity index (χ0n) is 13.1. The van der Waals surface area contributed by atoms with Crippen molar-refractivity contribution in [3.8, 4) is 0 Å². The number of hydrogen-bond acceptors (Lipinski definition) is 2. The third kappa shape index (κ3) is 4.78. The summed E-state index contributed by atoms with van der Waals surface area (Å²) < 4.78 is 1.06. The molecule has 1 aliphatic rings. The van der Waals surface area contributed by atoms with Crippen LogP contribution in [0.2, 0.25) is 0 Å². The van der Waals surface area contributed by atoms with Gasteiger partial charge in [-0.3, -0.25) is 9.69 Å². The van der Waals surface area contributed by atoms with Gasteiger partial charge < -0.3 is 5.32 Å². The standard InChI is InChI=1S/C19H21IN2O/c20-17-6-4-5-16(13-17)19(23)21-18-9-7-15(8-10-18)14-22-11-2-1-3-12-22/h4-10,13H,1-3,11-12,14H2,(H,21,23). The number of piperidine rings is 1. The Labute approximate surface area is 151 Å². The van der Waals surface area contributed by atoms with Gasteiger partial charge in [0.2, 0.25) is 0 Å². The van der Waals surface area contributed by atoms with E-state index in [0.717, 1.165) is 15.8 Å². The number of amides is 1. The molecule has 0 unspecified atom stereocenters. The highest BCUT2D eigenvalue weighted by Gasteiger charge is 2.11. The molecule has 0 spiro atoms. The van der Waals surface area contributed by atoms with Gasteiger partial charge in [-0.25, -0.2) is 0 Å². The molecule has 3 nitrogen and oxygen atoms in total. The first-order chi connectivity index (χ1) is 11.2. The molecule has 1 N–H and O–H groups in total. The van der Waals surface area contributed by atoms with E-state index in [4.69, 9.17) is 0 Å². The lowest BCUT2D eigenvalue weighted by Crippen LogP contribution is -2.29. The fourth-order valence-electron chi connectivity index (χ4n) is 2.90. The van der Waals surface area contributed by atoms with Crippen molar-refractivity contribution in [1.29, 1.82) is 0 Å². The Morgan fingerprint density at radius 1 is 1.04 bits per heavy atom. The second-order valence-corrected chi connectivity index (χ2v) is 7.24. The maximum absolute atomic E-state index is 12.2. The Balaban J connectivity index is 1.59. The molecule has 23 heavy (non-hydrogen) atoms. The van der Waals surface area contributed by atoms with Crippen molar-refractivity contribution in [3.05, 3.63) is 63.2 Å². The third-order valence-electron chi connectivity index (χ3n) is 4.15. The molecule has 0 bridgehead atoms. The lowest BCUT2D eigenvalue weighted by Gasteiger charge is -2.26. The number of carbonyl (C=O) groups excluding carboxylic acids is 1. The number of halogens is 1. The second-order valence-electron chi connectivity index (χ2n) is 6.00. The number of nitrogens with one attached hydrogen (secondary N) is 1. The summed E-state index contributed by atoms with van der Waals surface area (Å²) in [6.45, 7) is 3.40. The Hall–Kier alpha value is -1.40. The molecule has 1 heterocycles. The number of benzene rings is 2. The number of nitrogens with zero attached hydrogens (tertiary/aromatic N) is 1. The minimum absolute atomic E-state index is 0.0627. The van der Waals surface area contributed by atoms with Crippen molar-refractivity contribution in [2.45, 2.75) is 25.8 Å². The van der Waals surface area contributed by atoms with Crippen LogP contribution in [0.4, 0.5) is 5.69 Å². The Morgan fingerprint density at radius 2 is 1.78 bits per heavy atom. The molecule has 0 radical (unpaired) electrons. The smallest absolute Gasteiger partial charge is 0.255 e.